The normalized spacial score (nSPS) is 10.4. The van der Waals surface area contributed by atoms with E-state index in [1.165, 1.54) is 14.2 Å². The van der Waals surface area contributed by atoms with Crippen molar-refractivity contribution in [3.63, 3.8) is 0 Å². The van der Waals surface area contributed by atoms with Gasteiger partial charge in [0.1, 0.15) is 11.3 Å². The van der Waals surface area contributed by atoms with Crippen molar-refractivity contribution in [2.45, 2.75) is 12.8 Å². The van der Waals surface area contributed by atoms with Crippen LogP contribution in [0.4, 0.5) is 0 Å². The molecule has 3 nitrogen and oxygen atoms in total. The average Bonchev–Trinajstić information content (AvgIpc) is 2.54. The van der Waals surface area contributed by atoms with E-state index in [1.807, 2.05) is 24.3 Å². The number of hydrogen-bond donors (Lipinski definition) is 0. The number of carbonyl (C=O) groups is 1. The summed E-state index contributed by atoms with van der Waals surface area (Å²) in [7, 11) is 2.89. The van der Waals surface area contributed by atoms with Crippen LogP contribution in [0.1, 0.15) is 21.5 Å². The highest BCUT2D eigenvalue weighted by Crippen LogP contribution is 2.26. The Morgan fingerprint density at radius 3 is 2.45 bits per heavy atom. The Balaban J connectivity index is 2.25. The van der Waals surface area contributed by atoms with Gasteiger partial charge in [0.25, 0.3) is 0 Å². The molecule has 0 fully saturated rings. The maximum atomic E-state index is 12.0. The summed E-state index contributed by atoms with van der Waals surface area (Å²) in [5, 5.41) is 1.06. The van der Waals surface area contributed by atoms with Crippen LogP contribution in [-0.4, -0.2) is 20.2 Å². The Hall–Kier alpha value is -1.71. The van der Waals surface area contributed by atoms with Crippen LogP contribution >= 0.6 is 23.2 Å². The molecule has 0 amide bonds. The topological polar surface area (TPSA) is 35.5 Å². The smallest absolute Gasteiger partial charge is 0.341 e. The molecule has 0 aliphatic heterocycles. The number of ether oxygens (including phenoxy) is 2. The summed E-state index contributed by atoms with van der Waals surface area (Å²) >= 11 is 11.9. The number of carbonyl (C=O) groups excluding carboxylic acids is 1. The zero-order valence-electron chi connectivity index (χ0n) is 12.4. The monoisotopic (exact) mass is 338 g/mol. The van der Waals surface area contributed by atoms with Gasteiger partial charge in [-0.05, 0) is 42.2 Å². The van der Waals surface area contributed by atoms with Gasteiger partial charge in [-0.25, -0.2) is 4.79 Å². The predicted octanol–water partition coefficient (Wildman–Crippen LogP) is 4.57. The first-order valence-corrected chi connectivity index (χ1v) is 7.50. The molecule has 0 heterocycles. The predicted molar refractivity (Wildman–Crippen MR) is 88.2 cm³/mol. The van der Waals surface area contributed by atoms with Crippen molar-refractivity contribution in [1.82, 2.24) is 0 Å². The minimum absolute atomic E-state index is 0.401. The quantitative estimate of drug-likeness (QED) is 0.749. The van der Waals surface area contributed by atoms with Crippen LogP contribution in [0, 0.1) is 0 Å². The zero-order chi connectivity index (χ0) is 16.1. The molecular formula is C17H16Cl2O3. The first-order chi connectivity index (χ1) is 10.6. The highest BCUT2D eigenvalue weighted by Gasteiger charge is 2.17. The number of esters is 1. The first-order valence-electron chi connectivity index (χ1n) is 6.75. The molecule has 0 aliphatic rings. The number of hydrogen-bond acceptors (Lipinski definition) is 3. The summed E-state index contributed by atoms with van der Waals surface area (Å²) in [6.07, 6.45) is 1.40. The van der Waals surface area contributed by atoms with Crippen LogP contribution in [0.15, 0.2) is 36.4 Å². The maximum Gasteiger partial charge on any atom is 0.341 e. The number of aryl methyl sites for hydroxylation is 2. The summed E-state index contributed by atoms with van der Waals surface area (Å²) in [6.45, 7) is 0. The first kappa shape index (κ1) is 16.7. The molecule has 0 saturated carbocycles. The van der Waals surface area contributed by atoms with Crippen molar-refractivity contribution in [3.05, 3.63) is 63.1 Å². The number of halogens is 2. The molecule has 2 aromatic carbocycles. The largest absolute Gasteiger partial charge is 0.496 e. The SMILES string of the molecule is COC(=O)c1c(CCc2ccc(Cl)c(Cl)c2)cccc1OC. The Morgan fingerprint density at radius 2 is 1.82 bits per heavy atom. The molecule has 0 N–H and O–H groups in total. The van der Waals surface area contributed by atoms with Gasteiger partial charge in [-0.1, -0.05) is 41.4 Å². The van der Waals surface area contributed by atoms with E-state index in [-0.39, 0.29) is 0 Å². The minimum atomic E-state index is -0.401. The van der Waals surface area contributed by atoms with Gasteiger partial charge in [-0.3, -0.25) is 0 Å². The van der Waals surface area contributed by atoms with Crippen LogP contribution < -0.4 is 4.74 Å². The summed E-state index contributed by atoms with van der Waals surface area (Å²) in [6, 6.07) is 11.0. The highest BCUT2D eigenvalue weighted by atomic mass is 35.5. The molecule has 22 heavy (non-hydrogen) atoms. The number of methoxy groups -OCH3 is 2. The van der Waals surface area contributed by atoms with Crippen molar-refractivity contribution in [2.75, 3.05) is 14.2 Å². The molecule has 2 rings (SSSR count). The number of benzene rings is 2. The van der Waals surface area contributed by atoms with E-state index in [1.54, 1.807) is 12.1 Å². The van der Waals surface area contributed by atoms with Crippen LogP contribution in [0.5, 0.6) is 5.75 Å². The molecule has 0 aromatic heterocycles. The summed E-state index contributed by atoms with van der Waals surface area (Å²) in [4.78, 5) is 12.0. The van der Waals surface area contributed by atoms with Gasteiger partial charge in [0.05, 0.1) is 24.3 Å². The van der Waals surface area contributed by atoms with E-state index in [9.17, 15) is 4.79 Å². The van der Waals surface area contributed by atoms with E-state index in [0.717, 1.165) is 17.5 Å². The van der Waals surface area contributed by atoms with Crippen LogP contribution in [0.25, 0.3) is 0 Å². The van der Waals surface area contributed by atoms with E-state index >= 15 is 0 Å². The third-order valence-electron chi connectivity index (χ3n) is 3.39. The van der Waals surface area contributed by atoms with Gasteiger partial charge in [-0.15, -0.1) is 0 Å². The van der Waals surface area contributed by atoms with Gasteiger partial charge in [0, 0.05) is 0 Å². The van der Waals surface area contributed by atoms with Crippen molar-refractivity contribution in [1.29, 1.82) is 0 Å². The summed E-state index contributed by atoms with van der Waals surface area (Å²) < 4.78 is 10.1. The van der Waals surface area contributed by atoms with E-state index < -0.39 is 5.97 Å². The second kappa shape index (κ2) is 7.52. The standard InChI is InChI=1S/C17H16Cl2O3/c1-21-15-5-3-4-12(16(15)17(20)22-2)8-6-11-7-9-13(18)14(19)10-11/h3-5,7,9-10H,6,8H2,1-2H3. The lowest BCUT2D eigenvalue weighted by atomic mass is 9.99. The molecule has 0 aliphatic carbocycles. The molecule has 2 aromatic rings. The molecule has 0 bridgehead atoms. The molecule has 116 valence electrons. The van der Waals surface area contributed by atoms with Crippen LogP contribution in [-0.2, 0) is 17.6 Å². The molecule has 0 saturated heterocycles. The third-order valence-corrected chi connectivity index (χ3v) is 4.13. The van der Waals surface area contributed by atoms with Crippen molar-refractivity contribution in [2.24, 2.45) is 0 Å². The van der Waals surface area contributed by atoms with E-state index in [2.05, 4.69) is 0 Å². The zero-order valence-corrected chi connectivity index (χ0v) is 13.9. The summed E-state index contributed by atoms with van der Waals surface area (Å²) in [5.41, 5.74) is 2.39. The molecular weight excluding hydrogens is 323 g/mol. The van der Waals surface area contributed by atoms with E-state index in [0.29, 0.717) is 27.8 Å². The maximum absolute atomic E-state index is 12.0. The molecule has 5 heteroatoms. The second-order valence-corrected chi connectivity index (χ2v) is 5.55. The average molecular weight is 339 g/mol. The fraction of sp³-hybridized carbons (Fsp3) is 0.235. The van der Waals surface area contributed by atoms with Crippen molar-refractivity contribution in [3.8, 4) is 5.75 Å². The van der Waals surface area contributed by atoms with Gasteiger partial charge < -0.3 is 9.47 Å². The van der Waals surface area contributed by atoms with E-state index in [4.69, 9.17) is 32.7 Å². The Kier molecular flexibility index (Phi) is 5.69. The van der Waals surface area contributed by atoms with Crippen molar-refractivity contribution < 1.29 is 14.3 Å². The van der Waals surface area contributed by atoms with Crippen LogP contribution in [0.2, 0.25) is 10.0 Å². The number of rotatable bonds is 5. The lowest BCUT2D eigenvalue weighted by Gasteiger charge is -2.12. The second-order valence-electron chi connectivity index (χ2n) is 4.73. The third kappa shape index (κ3) is 3.73. The van der Waals surface area contributed by atoms with Gasteiger partial charge in [0.2, 0.25) is 0 Å². The van der Waals surface area contributed by atoms with Crippen molar-refractivity contribution >= 4 is 29.2 Å². The molecule has 0 radical (unpaired) electrons. The van der Waals surface area contributed by atoms with Crippen LogP contribution in [0.3, 0.4) is 0 Å². The Labute approximate surface area is 139 Å². The fourth-order valence-corrected chi connectivity index (χ4v) is 2.58. The van der Waals surface area contributed by atoms with Gasteiger partial charge in [0.15, 0.2) is 0 Å². The van der Waals surface area contributed by atoms with Gasteiger partial charge in [-0.2, -0.15) is 0 Å². The molecule has 0 spiro atoms. The van der Waals surface area contributed by atoms with Gasteiger partial charge >= 0.3 is 5.97 Å². The molecule has 0 unspecified atom stereocenters. The molecule has 0 atom stereocenters. The minimum Gasteiger partial charge on any atom is -0.496 e. The lowest BCUT2D eigenvalue weighted by molar-refractivity contribution is 0.0595. The fourth-order valence-electron chi connectivity index (χ4n) is 2.26. The summed E-state index contributed by atoms with van der Waals surface area (Å²) in [5.74, 6) is 0.111. The highest BCUT2D eigenvalue weighted by molar-refractivity contribution is 6.42. The lowest BCUT2D eigenvalue weighted by Crippen LogP contribution is -2.09. The Bertz CT molecular complexity index is 684. The Morgan fingerprint density at radius 1 is 1.05 bits per heavy atom.